The number of ketones is 1. The van der Waals surface area contributed by atoms with Gasteiger partial charge >= 0.3 is 0 Å². The van der Waals surface area contributed by atoms with Crippen LogP contribution in [0, 0.1) is 5.92 Å². The van der Waals surface area contributed by atoms with Crippen molar-refractivity contribution in [1.82, 2.24) is 0 Å². The number of hydrogen-bond donors (Lipinski definition) is 1. The average Bonchev–Trinajstić information content (AvgIpc) is 2.34. The van der Waals surface area contributed by atoms with E-state index in [-0.39, 0.29) is 28.3 Å². The van der Waals surface area contributed by atoms with Crippen molar-refractivity contribution in [2.45, 2.75) is 20.8 Å². The number of benzene rings is 1. The quantitative estimate of drug-likeness (QED) is 0.778. The van der Waals surface area contributed by atoms with Crippen molar-refractivity contribution < 1.29 is 18.0 Å². The highest BCUT2D eigenvalue weighted by Crippen LogP contribution is 2.14. The molecule has 0 saturated heterocycles. The first-order chi connectivity index (χ1) is 9.69. The highest BCUT2D eigenvalue weighted by Gasteiger charge is 2.13. The van der Waals surface area contributed by atoms with Gasteiger partial charge < -0.3 is 0 Å². The number of sulfonamides is 1. The predicted molar refractivity (Wildman–Crippen MR) is 86.2 cm³/mol. The van der Waals surface area contributed by atoms with Gasteiger partial charge in [-0.3, -0.25) is 14.3 Å². The van der Waals surface area contributed by atoms with Gasteiger partial charge in [-0.1, -0.05) is 25.6 Å². The minimum Gasteiger partial charge on any atom is -0.293 e. The lowest BCUT2D eigenvalue weighted by Gasteiger charge is -2.10. The van der Waals surface area contributed by atoms with Crippen LogP contribution in [0.5, 0.6) is 0 Å². The standard InChI is InChI=1S/C14H19NO4S2/c1-10(2)9-21(18,19)15-13-6-4-12(5-7-13)14(17)8-20-11(3)16/h4-7,10,15H,8-9H2,1-3H3. The second-order valence-corrected chi connectivity index (χ2v) is 7.98. The highest BCUT2D eigenvalue weighted by molar-refractivity contribution is 8.14. The Labute approximate surface area is 129 Å². The van der Waals surface area contributed by atoms with Gasteiger partial charge in [-0.05, 0) is 30.2 Å². The van der Waals surface area contributed by atoms with Crippen LogP contribution < -0.4 is 4.72 Å². The molecule has 0 unspecified atom stereocenters. The number of Topliss-reactive ketones (excluding diaryl/α,β-unsaturated/α-hetero) is 1. The molecule has 116 valence electrons. The van der Waals surface area contributed by atoms with Crippen molar-refractivity contribution in [2.75, 3.05) is 16.2 Å². The van der Waals surface area contributed by atoms with Gasteiger partial charge in [0.2, 0.25) is 10.0 Å². The van der Waals surface area contributed by atoms with E-state index in [1.54, 1.807) is 24.3 Å². The maximum atomic E-state index is 11.8. The molecule has 1 aromatic rings. The lowest BCUT2D eigenvalue weighted by Crippen LogP contribution is -2.20. The van der Waals surface area contributed by atoms with Crippen molar-refractivity contribution in [3.05, 3.63) is 29.8 Å². The molecular formula is C14H19NO4S2. The van der Waals surface area contributed by atoms with Crippen LogP contribution in [0.4, 0.5) is 5.69 Å². The third-order valence-electron chi connectivity index (χ3n) is 2.44. The fourth-order valence-electron chi connectivity index (χ4n) is 1.63. The van der Waals surface area contributed by atoms with Crippen LogP contribution in [-0.4, -0.2) is 30.8 Å². The highest BCUT2D eigenvalue weighted by atomic mass is 32.2. The lowest BCUT2D eigenvalue weighted by molar-refractivity contribution is -0.109. The molecule has 0 amide bonds. The van der Waals surface area contributed by atoms with Crippen LogP contribution in [0.1, 0.15) is 31.1 Å². The zero-order valence-electron chi connectivity index (χ0n) is 12.3. The van der Waals surface area contributed by atoms with Crippen LogP contribution in [0.3, 0.4) is 0 Å². The third kappa shape index (κ3) is 6.77. The summed E-state index contributed by atoms with van der Waals surface area (Å²) in [6, 6.07) is 6.19. The molecule has 0 aromatic heterocycles. The zero-order valence-corrected chi connectivity index (χ0v) is 13.9. The minimum absolute atomic E-state index is 0.0342. The molecule has 0 spiro atoms. The number of nitrogens with one attached hydrogen (secondary N) is 1. The molecule has 0 aliphatic rings. The van der Waals surface area contributed by atoms with Crippen molar-refractivity contribution in [3.63, 3.8) is 0 Å². The number of thioether (sulfide) groups is 1. The molecule has 1 rings (SSSR count). The van der Waals surface area contributed by atoms with E-state index in [0.29, 0.717) is 11.3 Å². The van der Waals surface area contributed by atoms with Gasteiger partial charge in [0.05, 0.1) is 11.5 Å². The molecule has 0 atom stereocenters. The van der Waals surface area contributed by atoms with Gasteiger partial charge in [-0.2, -0.15) is 0 Å². The summed E-state index contributed by atoms with van der Waals surface area (Å²) in [6.45, 7) is 5.06. The van der Waals surface area contributed by atoms with E-state index in [1.807, 2.05) is 13.8 Å². The minimum atomic E-state index is -3.37. The predicted octanol–water partition coefficient (Wildman–Crippen LogP) is 2.55. The Morgan fingerprint density at radius 2 is 1.76 bits per heavy atom. The summed E-state index contributed by atoms with van der Waals surface area (Å²) >= 11 is 0.955. The summed E-state index contributed by atoms with van der Waals surface area (Å²) in [4.78, 5) is 22.6. The maximum Gasteiger partial charge on any atom is 0.232 e. The van der Waals surface area contributed by atoms with Crippen molar-refractivity contribution >= 4 is 38.4 Å². The Morgan fingerprint density at radius 1 is 1.19 bits per heavy atom. The number of carbonyl (C=O) groups is 2. The second kappa shape index (κ2) is 7.61. The molecule has 7 heteroatoms. The molecule has 0 radical (unpaired) electrons. The van der Waals surface area contributed by atoms with Crippen molar-refractivity contribution in [1.29, 1.82) is 0 Å². The Balaban J connectivity index is 2.70. The number of anilines is 1. The second-order valence-electron chi connectivity index (χ2n) is 5.06. The monoisotopic (exact) mass is 329 g/mol. The van der Waals surface area contributed by atoms with E-state index < -0.39 is 10.0 Å². The molecule has 1 aromatic carbocycles. The Hall–Kier alpha value is -1.34. The topological polar surface area (TPSA) is 80.3 Å². The molecule has 0 aliphatic heterocycles. The van der Waals surface area contributed by atoms with Gasteiger partial charge in [-0.15, -0.1) is 0 Å². The molecule has 0 heterocycles. The summed E-state index contributed by atoms with van der Waals surface area (Å²) in [6.07, 6.45) is 0. The first-order valence-electron chi connectivity index (χ1n) is 6.47. The number of hydrogen-bond acceptors (Lipinski definition) is 5. The molecule has 0 bridgehead atoms. The van der Waals surface area contributed by atoms with Crippen LogP contribution in [0.2, 0.25) is 0 Å². The summed E-state index contributed by atoms with van der Waals surface area (Å²) in [5, 5.41) is -0.110. The summed E-state index contributed by atoms with van der Waals surface area (Å²) < 4.78 is 26.0. The molecule has 21 heavy (non-hydrogen) atoms. The molecule has 1 N–H and O–H groups in total. The van der Waals surface area contributed by atoms with Crippen LogP contribution >= 0.6 is 11.8 Å². The lowest BCUT2D eigenvalue weighted by atomic mass is 10.1. The van der Waals surface area contributed by atoms with E-state index in [1.165, 1.54) is 6.92 Å². The van der Waals surface area contributed by atoms with Crippen molar-refractivity contribution in [2.24, 2.45) is 5.92 Å². The van der Waals surface area contributed by atoms with E-state index in [4.69, 9.17) is 0 Å². The van der Waals surface area contributed by atoms with E-state index in [2.05, 4.69) is 4.72 Å². The van der Waals surface area contributed by atoms with Gasteiger partial charge in [0.25, 0.3) is 0 Å². The molecular weight excluding hydrogens is 310 g/mol. The van der Waals surface area contributed by atoms with Crippen LogP contribution in [0.25, 0.3) is 0 Å². The summed E-state index contributed by atoms with van der Waals surface area (Å²) in [5.74, 6) is 0.00944. The van der Waals surface area contributed by atoms with Gasteiger partial charge in [0.15, 0.2) is 10.9 Å². The maximum absolute atomic E-state index is 11.8. The van der Waals surface area contributed by atoms with E-state index in [9.17, 15) is 18.0 Å². The van der Waals surface area contributed by atoms with Gasteiger partial charge in [0, 0.05) is 18.2 Å². The molecule has 0 saturated carbocycles. The number of carbonyl (C=O) groups excluding carboxylic acids is 2. The molecule has 0 fully saturated rings. The normalized spacial score (nSPS) is 11.4. The molecule has 0 aliphatic carbocycles. The Bertz CT molecular complexity index is 606. The van der Waals surface area contributed by atoms with Gasteiger partial charge in [0.1, 0.15) is 0 Å². The van der Waals surface area contributed by atoms with Gasteiger partial charge in [-0.25, -0.2) is 8.42 Å². The first kappa shape index (κ1) is 17.7. The Morgan fingerprint density at radius 3 is 2.24 bits per heavy atom. The van der Waals surface area contributed by atoms with Crippen LogP contribution in [0.15, 0.2) is 24.3 Å². The van der Waals surface area contributed by atoms with Crippen molar-refractivity contribution in [3.8, 4) is 0 Å². The largest absolute Gasteiger partial charge is 0.293 e. The van der Waals surface area contributed by atoms with E-state index >= 15 is 0 Å². The summed E-state index contributed by atoms with van der Waals surface area (Å²) in [7, 11) is -3.37. The van der Waals surface area contributed by atoms with Crippen LogP contribution in [-0.2, 0) is 14.8 Å². The summed E-state index contributed by atoms with van der Waals surface area (Å²) in [5.41, 5.74) is 0.877. The fourth-order valence-corrected chi connectivity index (χ4v) is 3.59. The fraction of sp³-hybridized carbons (Fsp3) is 0.429. The van der Waals surface area contributed by atoms with E-state index in [0.717, 1.165) is 11.8 Å². The third-order valence-corrected chi connectivity index (χ3v) is 4.90. The SMILES string of the molecule is CC(=O)SCC(=O)c1ccc(NS(=O)(=O)CC(C)C)cc1. The first-order valence-corrected chi connectivity index (χ1v) is 9.10. The molecule has 5 nitrogen and oxygen atoms in total. The zero-order chi connectivity index (χ0) is 16.0. The number of rotatable bonds is 7. The average molecular weight is 329 g/mol. The Kier molecular flexibility index (Phi) is 6.42. The smallest absolute Gasteiger partial charge is 0.232 e.